The molecule has 0 saturated carbocycles. The normalized spacial score (nSPS) is 18.6. The van der Waals surface area contributed by atoms with Crippen molar-refractivity contribution in [3.8, 4) is 5.75 Å². The summed E-state index contributed by atoms with van der Waals surface area (Å²) in [5.41, 5.74) is 2.05. The summed E-state index contributed by atoms with van der Waals surface area (Å²) in [5, 5.41) is 9.33. The van der Waals surface area contributed by atoms with Crippen molar-refractivity contribution >= 4 is 9.84 Å². The minimum absolute atomic E-state index is 0.0321. The van der Waals surface area contributed by atoms with Crippen molar-refractivity contribution in [1.82, 2.24) is 0 Å². The molecule has 1 aromatic carbocycles. The van der Waals surface area contributed by atoms with Gasteiger partial charge in [0.2, 0.25) is 0 Å². The summed E-state index contributed by atoms with van der Waals surface area (Å²) < 4.78 is 28.8. The topological polar surface area (TPSA) is 63.6 Å². The van der Waals surface area contributed by atoms with E-state index in [0.29, 0.717) is 5.75 Å². The van der Waals surface area contributed by atoms with Gasteiger partial charge in [0, 0.05) is 0 Å². The lowest BCUT2D eigenvalue weighted by molar-refractivity contribution is 0.180. The number of hydrogen-bond donors (Lipinski definition) is 1. The largest absolute Gasteiger partial charge is 0.493 e. The van der Waals surface area contributed by atoms with Crippen molar-refractivity contribution in [1.29, 1.82) is 0 Å². The van der Waals surface area contributed by atoms with Gasteiger partial charge >= 0.3 is 0 Å². The number of fused-ring (bicyclic) bond motifs is 1. The molecule has 0 spiro atoms. The average molecular weight is 284 g/mol. The van der Waals surface area contributed by atoms with E-state index in [2.05, 4.69) is 0 Å². The number of ether oxygens (including phenoxy) is 1. The van der Waals surface area contributed by atoms with Crippen LogP contribution in [0.1, 0.15) is 37.5 Å². The second kappa shape index (κ2) is 5.51. The maximum absolute atomic E-state index is 11.6. The third-order valence-corrected chi connectivity index (χ3v) is 5.69. The predicted octanol–water partition coefficient (Wildman–Crippen LogP) is 1.87. The first-order chi connectivity index (χ1) is 8.90. The number of sulfone groups is 1. The Morgan fingerprint density at radius 2 is 2.16 bits per heavy atom. The molecule has 1 aliphatic rings. The second-order valence-electron chi connectivity index (χ2n) is 5.18. The standard InChI is InChI=1S/C14H20O4S/c1-10(2)19(16,17)8-7-18-12-4-5-13-11(9-12)3-6-14(13)15/h4-5,9-10,14-15H,3,6-8H2,1-2H3/t14-/m0/s1. The quantitative estimate of drug-likeness (QED) is 0.896. The number of rotatable bonds is 5. The lowest BCUT2D eigenvalue weighted by Gasteiger charge is -2.10. The van der Waals surface area contributed by atoms with Crippen LogP contribution in [0.4, 0.5) is 0 Å². The Bertz CT molecular complexity index is 549. The second-order valence-corrected chi connectivity index (χ2v) is 7.86. The van der Waals surface area contributed by atoms with Crippen molar-refractivity contribution in [2.75, 3.05) is 12.4 Å². The third kappa shape index (κ3) is 3.28. The van der Waals surface area contributed by atoms with Crippen molar-refractivity contribution in [3.05, 3.63) is 29.3 Å². The fourth-order valence-corrected chi connectivity index (χ4v) is 2.96. The van der Waals surface area contributed by atoms with Gasteiger partial charge in [-0.25, -0.2) is 8.42 Å². The van der Waals surface area contributed by atoms with E-state index in [1.54, 1.807) is 19.9 Å². The molecule has 2 rings (SSSR count). The Hall–Kier alpha value is -1.07. The molecule has 0 unspecified atom stereocenters. The maximum Gasteiger partial charge on any atom is 0.155 e. The molecule has 1 atom stereocenters. The minimum Gasteiger partial charge on any atom is -0.493 e. The molecule has 0 heterocycles. The Morgan fingerprint density at radius 1 is 1.42 bits per heavy atom. The van der Waals surface area contributed by atoms with Gasteiger partial charge in [0.1, 0.15) is 12.4 Å². The minimum atomic E-state index is -3.05. The van der Waals surface area contributed by atoms with E-state index in [4.69, 9.17) is 4.74 Å². The van der Waals surface area contributed by atoms with Gasteiger partial charge in [-0.2, -0.15) is 0 Å². The van der Waals surface area contributed by atoms with Crippen LogP contribution in [0.15, 0.2) is 18.2 Å². The van der Waals surface area contributed by atoms with E-state index in [0.717, 1.165) is 24.0 Å². The highest BCUT2D eigenvalue weighted by molar-refractivity contribution is 7.91. The zero-order valence-corrected chi connectivity index (χ0v) is 12.1. The monoisotopic (exact) mass is 284 g/mol. The van der Waals surface area contributed by atoms with E-state index in [9.17, 15) is 13.5 Å². The summed E-state index contributed by atoms with van der Waals surface area (Å²) in [5.74, 6) is 0.705. The van der Waals surface area contributed by atoms with Crippen LogP contribution < -0.4 is 4.74 Å². The Kier molecular flexibility index (Phi) is 4.16. The maximum atomic E-state index is 11.6. The molecule has 0 aromatic heterocycles. The molecule has 5 heteroatoms. The molecule has 0 amide bonds. The average Bonchev–Trinajstić information content (AvgIpc) is 2.70. The molecule has 19 heavy (non-hydrogen) atoms. The highest BCUT2D eigenvalue weighted by Gasteiger charge is 2.20. The highest BCUT2D eigenvalue weighted by Crippen LogP contribution is 2.33. The fraction of sp³-hybridized carbons (Fsp3) is 0.571. The van der Waals surface area contributed by atoms with Crippen molar-refractivity contribution < 1.29 is 18.3 Å². The summed E-state index contributed by atoms with van der Waals surface area (Å²) in [6, 6.07) is 5.54. The number of aryl methyl sites for hydroxylation is 1. The van der Waals surface area contributed by atoms with Crippen LogP contribution in [0, 0.1) is 0 Å². The molecule has 1 aliphatic carbocycles. The molecular weight excluding hydrogens is 264 g/mol. The van der Waals surface area contributed by atoms with E-state index >= 15 is 0 Å². The molecular formula is C14H20O4S. The summed E-state index contributed by atoms with van der Waals surface area (Å²) in [6.07, 6.45) is 1.23. The van der Waals surface area contributed by atoms with Crippen LogP contribution in [-0.4, -0.2) is 31.1 Å². The van der Waals surface area contributed by atoms with Gasteiger partial charge < -0.3 is 9.84 Å². The van der Waals surface area contributed by atoms with Gasteiger partial charge in [0.05, 0.1) is 17.1 Å². The Balaban J connectivity index is 1.95. The molecule has 0 radical (unpaired) electrons. The van der Waals surface area contributed by atoms with Gasteiger partial charge in [-0.1, -0.05) is 6.07 Å². The molecule has 0 bridgehead atoms. The summed E-state index contributed by atoms with van der Waals surface area (Å²) in [7, 11) is -3.05. The SMILES string of the molecule is CC(C)S(=O)(=O)CCOc1ccc2c(c1)CC[C@@H]2O. The van der Waals surface area contributed by atoms with Gasteiger partial charge in [-0.05, 0) is 49.9 Å². The number of aliphatic hydroxyl groups is 1. The molecule has 4 nitrogen and oxygen atoms in total. The van der Waals surface area contributed by atoms with Gasteiger partial charge in [0.15, 0.2) is 9.84 Å². The van der Waals surface area contributed by atoms with Crippen molar-refractivity contribution in [3.63, 3.8) is 0 Å². The van der Waals surface area contributed by atoms with Crippen molar-refractivity contribution in [2.24, 2.45) is 0 Å². The predicted molar refractivity (Wildman–Crippen MR) is 74.1 cm³/mol. The Labute approximate surface area is 114 Å². The molecule has 106 valence electrons. The van der Waals surface area contributed by atoms with Crippen LogP contribution in [-0.2, 0) is 16.3 Å². The van der Waals surface area contributed by atoms with E-state index < -0.39 is 9.84 Å². The molecule has 0 fully saturated rings. The summed E-state index contributed by atoms with van der Waals surface area (Å²) in [6.45, 7) is 3.51. The first-order valence-corrected chi connectivity index (χ1v) is 8.27. The zero-order chi connectivity index (χ0) is 14.0. The van der Waals surface area contributed by atoms with Gasteiger partial charge in [-0.15, -0.1) is 0 Å². The molecule has 0 aliphatic heterocycles. The number of aliphatic hydroxyl groups excluding tert-OH is 1. The number of hydrogen-bond acceptors (Lipinski definition) is 4. The van der Waals surface area contributed by atoms with E-state index in [1.165, 1.54) is 0 Å². The first kappa shape index (κ1) is 14.3. The lowest BCUT2D eigenvalue weighted by atomic mass is 10.1. The van der Waals surface area contributed by atoms with Crippen molar-refractivity contribution in [2.45, 2.75) is 38.0 Å². The smallest absolute Gasteiger partial charge is 0.155 e. The fourth-order valence-electron chi connectivity index (χ4n) is 2.17. The van der Waals surface area contributed by atoms with E-state index in [1.807, 2.05) is 12.1 Å². The molecule has 1 aromatic rings. The third-order valence-electron chi connectivity index (χ3n) is 3.52. The van der Waals surface area contributed by atoms with Crippen LogP contribution in [0.5, 0.6) is 5.75 Å². The number of benzene rings is 1. The van der Waals surface area contributed by atoms with E-state index in [-0.39, 0.29) is 23.7 Å². The Morgan fingerprint density at radius 3 is 2.84 bits per heavy atom. The van der Waals surface area contributed by atoms with Gasteiger partial charge in [0.25, 0.3) is 0 Å². The first-order valence-electron chi connectivity index (χ1n) is 6.55. The van der Waals surface area contributed by atoms with Crippen LogP contribution in [0.3, 0.4) is 0 Å². The molecule has 1 N–H and O–H groups in total. The van der Waals surface area contributed by atoms with Gasteiger partial charge in [-0.3, -0.25) is 0 Å². The highest BCUT2D eigenvalue weighted by atomic mass is 32.2. The summed E-state index contributed by atoms with van der Waals surface area (Å²) in [4.78, 5) is 0. The van der Waals surface area contributed by atoms with Crippen LogP contribution >= 0.6 is 0 Å². The lowest BCUT2D eigenvalue weighted by Crippen LogP contribution is -2.22. The zero-order valence-electron chi connectivity index (χ0n) is 11.3. The van der Waals surface area contributed by atoms with Crippen LogP contribution in [0.2, 0.25) is 0 Å². The van der Waals surface area contributed by atoms with Crippen LogP contribution in [0.25, 0.3) is 0 Å². The summed E-state index contributed by atoms with van der Waals surface area (Å²) >= 11 is 0. The molecule has 0 saturated heterocycles.